The van der Waals surface area contributed by atoms with Gasteiger partial charge in [-0.1, -0.05) is 19.3 Å². The molecule has 3 aromatic rings. The maximum absolute atomic E-state index is 12.6. The monoisotopic (exact) mass is 467 g/mol. The molecular formula is C24H29N5O3S. The number of aromatic nitrogens is 2. The van der Waals surface area contributed by atoms with E-state index in [9.17, 15) is 8.42 Å². The van der Waals surface area contributed by atoms with Gasteiger partial charge in [0.25, 0.3) is 10.0 Å². The molecule has 1 aromatic heterocycles. The zero-order valence-electron chi connectivity index (χ0n) is 18.8. The largest absolute Gasteiger partial charge is 0.497 e. The van der Waals surface area contributed by atoms with Crippen molar-refractivity contribution in [2.75, 3.05) is 22.5 Å². The molecule has 0 bridgehead atoms. The number of aryl methyl sites for hydroxylation is 1. The molecule has 1 aliphatic carbocycles. The molecule has 33 heavy (non-hydrogen) atoms. The summed E-state index contributed by atoms with van der Waals surface area (Å²) in [5.41, 5.74) is 1.26. The number of sulfonamides is 1. The summed E-state index contributed by atoms with van der Waals surface area (Å²) in [6, 6.07) is 15.6. The molecule has 0 unspecified atom stereocenters. The molecule has 0 aliphatic heterocycles. The molecule has 0 radical (unpaired) electrons. The number of benzene rings is 2. The molecule has 4 rings (SSSR count). The molecule has 2 aromatic carbocycles. The third-order valence-electron chi connectivity index (χ3n) is 5.57. The van der Waals surface area contributed by atoms with Gasteiger partial charge in [0, 0.05) is 23.5 Å². The lowest BCUT2D eigenvalue weighted by Gasteiger charge is -2.23. The second-order valence-corrected chi connectivity index (χ2v) is 9.83. The van der Waals surface area contributed by atoms with Gasteiger partial charge in [-0.2, -0.15) is 0 Å². The SMILES string of the molecule is COc1ccc(S(=O)(=O)Nc2ccc(Nc3cc(NC4CCCCC4)nc(C)n3)cc2)cc1. The van der Waals surface area contributed by atoms with Gasteiger partial charge in [0.15, 0.2) is 0 Å². The van der Waals surface area contributed by atoms with E-state index in [0.29, 0.717) is 29.1 Å². The van der Waals surface area contributed by atoms with Gasteiger partial charge in [0.1, 0.15) is 23.2 Å². The summed E-state index contributed by atoms with van der Waals surface area (Å²) >= 11 is 0. The van der Waals surface area contributed by atoms with Crippen LogP contribution in [-0.4, -0.2) is 31.5 Å². The Bertz CT molecular complexity index is 1180. The van der Waals surface area contributed by atoms with Crippen LogP contribution in [-0.2, 0) is 10.0 Å². The van der Waals surface area contributed by atoms with Crippen molar-refractivity contribution in [2.45, 2.75) is 50.0 Å². The van der Waals surface area contributed by atoms with Crippen LogP contribution in [0, 0.1) is 6.92 Å². The van der Waals surface area contributed by atoms with Crippen LogP contribution in [0.2, 0.25) is 0 Å². The molecule has 0 spiro atoms. The number of nitrogens with one attached hydrogen (secondary N) is 3. The van der Waals surface area contributed by atoms with Crippen molar-refractivity contribution in [1.29, 1.82) is 0 Å². The summed E-state index contributed by atoms with van der Waals surface area (Å²) in [7, 11) is -2.15. The maximum atomic E-state index is 12.6. The molecule has 0 atom stereocenters. The third-order valence-corrected chi connectivity index (χ3v) is 6.97. The van der Waals surface area contributed by atoms with Gasteiger partial charge in [-0.15, -0.1) is 0 Å². The first-order valence-electron chi connectivity index (χ1n) is 11.1. The van der Waals surface area contributed by atoms with Crippen molar-refractivity contribution in [2.24, 2.45) is 0 Å². The maximum Gasteiger partial charge on any atom is 0.261 e. The van der Waals surface area contributed by atoms with Crippen LogP contribution in [0.25, 0.3) is 0 Å². The molecule has 8 nitrogen and oxygen atoms in total. The summed E-state index contributed by atoms with van der Waals surface area (Å²) in [6.45, 7) is 1.87. The molecule has 1 aliphatic rings. The summed E-state index contributed by atoms with van der Waals surface area (Å²) in [5, 5.41) is 6.80. The molecule has 0 saturated heterocycles. The Morgan fingerprint density at radius 1 is 0.879 bits per heavy atom. The van der Waals surface area contributed by atoms with Crippen LogP contribution in [0.5, 0.6) is 5.75 Å². The van der Waals surface area contributed by atoms with Crippen molar-refractivity contribution >= 4 is 33.0 Å². The van der Waals surface area contributed by atoms with Crippen molar-refractivity contribution in [3.8, 4) is 5.75 Å². The van der Waals surface area contributed by atoms with Crippen LogP contribution in [0.15, 0.2) is 59.5 Å². The molecule has 1 saturated carbocycles. The van der Waals surface area contributed by atoms with E-state index in [2.05, 4.69) is 25.3 Å². The molecule has 3 N–H and O–H groups in total. The van der Waals surface area contributed by atoms with Crippen LogP contribution in [0.3, 0.4) is 0 Å². The Morgan fingerprint density at radius 3 is 2.18 bits per heavy atom. The average Bonchev–Trinajstić information content (AvgIpc) is 2.80. The molecule has 0 amide bonds. The van der Waals surface area contributed by atoms with E-state index >= 15 is 0 Å². The molecule has 174 valence electrons. The van der Waals surface area contributed by atoms with Crippen molar-refractivity contribution in [3.63, 3.8) is 0 Å². The van der Waals surface area contributed by atoms with Gasteiger partial charge in [-0.05, 0) is 68.3 Å². The third kappa shape index (κ3) is 6.13. The van der Waals surface area contributed by atoms with E-state index in [4.69, 9.17) is 4.74 Å². The first-order chi connectivity index (χ1) is 15.9. The minimum absolute atomic E-state index is 0.167. The number of ether oxygens (including phenoxy) is 1. The van der Waals surface area contributed by atoms with Crippen molar-refractivity contribution < 1.29 is 13.2 Å². The number of hydrogen-bond donors (Lipinski definition) is 3. The minimum Gasteiger partial charge on any atom is -0.497 e. The van der Waals surface area contributed by atoms with Crippen molar-refractivity contribution in [3.05, 3.63) is 60.4 Å². The van der Waals surface area contributed by atoms with Crippen molar-refractivity contribution in [1.82, 2.24) is 9.97 Å². The summed E-state index contributed by atoms with van der Waals surface area (Å²) in [4.78, 5) is 9.16. The molecular weight excluding hydrogens is 438 g/mol. The van der Waals surface area contributed by atoms with E-state index in [1.165, 1.54) is 51.3 Å². The zero-order chi connectivity index (χ0) is 23.3. The topological polar surface area (TPSA) is 105 Å². The second-order valence-electron chi connectivity index (χ2n) is 8.15. The van der Waals surface area contributed by atoms with E-state index < -0.39 is 10.0 Å². The number of rotatable bonds is 8. The fourth-order valence-corrected chi connectivity index (χ4v) is 4.96. The highest BCUT2D eigenvalue weighted by Gasteiger charge is 2.15. The first kappa shape index (κ1) is 22.8. The number of methoxy groups -OCH3 is 1. The van der Waals surface area contributed by atoms with E-state index in [-0.39, 0.29) is 4.90 Å². The van der Waals surface area contributed by atoms with Gasteiger partial charge in [-0.3, -0.25) is 4.72 Å². The van der Waals surface area contributed by atoms with Crippen LogP contribution >= 0.6 is 0 Å². The lowest BCUT2D eigenvalue weighted by Crippen LogP contribution is -2.23. The van der Waals surface area contributed by atoms with E-state index in [1.807, 2.05) is 13.0 Å². The predicted octanol–water partition coefficient (Wildman–Crippen LogP) is 5.08. The normalized spacial score (nSPS) is 14.5. The first-order valence-corrected chi connectivity index (χ1v) is 12.6. The average molecular weight is 468 g/mol. The Hall–Kier alpha value is -3.33. The van der Waals surface area contributed by atoms with Crippen LogP contribution in [0.4, 0.5) is 23.0 Å². The summed E-state index contributed by atoms with van der Waals surface area (Å²) in [5.74, 6) is 2.79. The zero-order valence-corrected chi connectivity index (χ0v) is 19.7. The Balaban J connectivity index is 1.42. The highest BCUT2D eigenvalue weighted by Crippen LogP contribution is 2.24. The highest BCUT2D eigenvalue weighted by molar-refractivity contribution is 7.92. The highest BCUT2D eigenvalue weighted by atomic mass is 32.2. The quantitative estimate of drug-likeness (QED) is 0.424. The van der Waals surface area contributed by atoms with Gasteiger partial charge in [-0.25, -0.2) is 18.4 Å². The second kappa shape index (κ2) is 10.1. The van der Waals surface area contributed by atoms with Crippen LogP contribution in [0.1, 0.15) is 37.9 Å². The Labute approximate surface area is 194 Å². The van der Waals surface area contributed by atoms with Crippen LogP contribution < -0.4 is 20.1 Å². The lowest BCUT2D eigenvalue weighted by molar-refractivity contribution is 0.414. The molecule has 1 fully saturated rings. The smallest absolute Gasteiger partial charge is 0.261 e. The standard InChI is InChI=1S/C24H29N5O3S/c1-17-25-23(27-18-6-4-3-5-7-18)16-24(26-17)28-19-8-10-20(11-9-19)29-33(30,31)22-14-12-21(32-2)13-15-22/h8-16,18,29H,3-7H2,1-2H3,(H2,25,26,27,28). The number of anilines is 4. The molecule has 1 heterocycles. The van der Waals surface area contributed by atoms with Gasteiger partial charge < -0.3 is 15.4 Å². The van der Waals surface area contributed by atoms with Gasteiger partial charge >= 0.3 is 0 Å². The fourth-order valence-electron chi connectivity index (χ4n) is 3.90. The Morgan fingerprint density at radius 2 is 1.52 bits per heavy atom. The summed E-state index contributed by atoms with van der Waals surface area (Å²) in [6.07, 6.45) is 6.14. The number of nitrogens with zero attached hydrogens (tertiary/aromatic N) is 2. The van der Waals surface area contributed by atoms with Gasteiger partial charge in [0.2, 0.25) is 0 Å². The fraction of sp³-hybridized carbons (Fsp3) is 0.333. The minimum atomic E-state index is -3.69. The summed E-state index contributed by atoms with van der Waals surface area (Å²) < 4.78 is 32.9. The lowest BCUT2D eigenvalue weighted by atomic mass is 9.95. The van der Waals surface area contributed by atoms with E-state index in [0.717, 1.165) is 11.5 Å². The van der Waals surface area contributed by atoms with Gasteiger partial charge in [0.05, 0.1) is 12.0 Å². The Kier molecular flexibility index (Phi) is 6.98. The number of hydrogen-bond acceptors (Lipinski definition) is 7. The molecule has 9 heteroatoms. The van der Waals surface area contributed by atoms with E-state index in [1.54, 1.807) is 36.4 Å². The predicted molar refractivity (Wildman–Crippen MR) is 131 cm³/mol.